The van der Waals surface area contributed by atoms with Gasteiger partial charge in [0.15, 0.2) is 0 Å². The summed E-state index contributed by atoms with van der Waals surface area (Å²) in [6.07, 6.45) is -1.06. The highest BCUT2D eigenvalue weighted by Crippen LogP contribution is 2.35. The molecule has 0 radical (unpaired) electrons. The molecule has 0 bridgehead atoms. The van der Waals surface area contributed by atoms with Gasteiger partial charge < -0.3 is 0 Å². The second-order valence-electron chi connectivity index (χ2n) is 4.42. The molecule has 0 spiro atoms. The summed E-state index contributed by atoms with van der Waals surface area (Å²) in [6, 6.07) is 6.54. The molecule has 3 nitrogen and oxygen atoms in total. The molecule has 2 heterocycles. The number of aromatic amines is 1. The normalized spacial score (nSPS) is 11.4. The Bertz CT molecular complexity index is 783. The summed E-state index contributed by atoms with van der Waals surface area (Å²) in [5.74, 6) is 0. The Kier molecular flexibility index (Phi) is 3.14. The van der Waals surface area contributed by atoms with Crippen LogP contribution in [-0.2, 0) is 0 Å². The first-order valence-electron chi connectivity index (χ1n) is 5.96. The Morgan fingerprint density at radius 3 is 2.75 bits per heavy atom. The quantitative estimate of drug-likeness (QED) is 0.754. The number of H-pyrrole nitrogens is 1. The maximum absolute atomic E-state index is 13.3. The van der Waals surface area contributed by atoms with E-state index in [2.05, 4.69) is 15.2 Å². The van der Waals surface area contributed by atoms with Crippen LogP contribution >= 0.6 is 11.6 Å². The van der Waals surface area contributed by atoms with E-state index in [9.17, 15) is 8.78 Å². The molecular formula is C14H10ClF2N3. The minimum atomic E-state index is -2.63. The number of halogens is 3. The monoisotopic (exact) mass is 293 g/mol. The largest absolute Gasteiger partial charge is 0.285 e. The van der Waals surface area contributed by atoms with Gasteiger partial charge in [-0.15, -0.1) is 0 Å². The van der Waals surface area contributed by atoms with Gasteiger partial charge in [0.2, 0.25) is 0 Å². The van der Waals surface area contributed by atoms with Crippen LogP contribution in [0.2, 0.25) is 5.02 Å². The summed E-state index contributed by atoms with van der Waals surface area (Å²) >= 11 is 6.04. The molecule has 3 aromatic rings. The van der Waals surface area contributed by atoms with Crippen LogP contribution in [0.5, 0.6) is 0 Å². The molecule has 0 amide bonds. The highest BCUT2D eigenvalue weighted by Gasteiger charge is 2.20. The fourth-order valence-corrected chi connectivity index (χ4v) is 2.38. The number of alkyl halides is 2. The molecule has 0 aliphatic carbocycles. The summed E-state index contributed by atoms with van der Waals surface area (Å²) in [5.41, 5.74) is 1.87. The van der Waals surface area contributed by atoms with Crippen LogP contribution in [0.3, 0.4) is 0 Å². The highest BCUT2D eigenvalue weighted by molar-refractivity contribution is 6.35. The number of benzene rings is 1. The van der Waals surface area contributed by atoms with Crippen molar-refractivity contribution in [3.63, 3.8) is 0 Å². The second kappa shape index (κ2) is 4.83. The van der Waals surface area contributed by atoms with Crippen molar-refractivity contribution < 1.29 is 8.78 Å². The number of hydrogen-bond donors (Lipinski definition) is 1. The van der Waals surface area contributed by atoms with Crippen LogP contribution in [-0.4, -0.2) is 15.2 Å². The molecule has 0 atom stereocenters. The molecule has 0 fully saturated rings. The van der Waals surface area contributed by atoms with Crippen molar-refractivity contribution in [2.24, 2.45) is 0 Å². The zero-order valence-electron chi connectivity index (χ0n) is 10.5. The number of nitrogens with one attached hydrogen (secondary N) is 1. The Balaban J connectivity index is 2.36. The minimum Gasteiger partial charge on any atom is -0.285 e. The Hall–Kier alpha value is -2.01. The van der Waals surface area contributed by atoms with Crippen LogP contribution < -0.4 is 0 Å². The van der Waals surface area contributed by atoms with E-state index >= 15 is 0 Å². The van der Waals surface area contributed by atoms with E-state index < -0.39 is 6.43 Å². The number of aromatic nitrogens is 3. The van der Waals surface area contributed by atoms with Crippen LogP contribution in [0.1, 0.15) is 17.7 Å². The van der Waals surface area contributed by atoms with E-state index in [-0.39, 0.29) is 11.3 Å². The van der Waals surface area contributed by atoms with Gasteiger partial charge in [0.25, 0.3) is 6.43 Å². The smallest absolute Gasteiger partial charge is 0.265 e. The molecule has 0 unspecified atom stereocenters. The first kappa shape index (κ1) is 13.0. The van der Waals surface area contributed by atoms with E-state index in [1.54, 1.807) is 31.3 Å². The molecule has 0 saturated heterocycles. The van der Waals surface area contributed by atoms with Crippen molar-refractivity contribution in [2.45, 2.75) is 13.3 Å². The summed E-state index contributed by atoms with van der Waals surface area (Å²) in [4.78, 5) is 4.34. The zero-order chi connectivity index (χ0) is 14.3. The van der Waals surface area contributed by atoms with Gasteiger partial charge in [-0.25, -0.2) is 13.8 Å². The molecule has 1 aromatic carbocycles. The van der Waals surface area contributed by atoms with Gasteiger partial charge >= 0.3 is 0 Å². The minimum absolute atomic E-state index is 0.143. The third-order valence-corrected chi connectivity index (χ3v) is 3.49. The fourth-order valence-electron chi connectivity index (χ4n) is 2.15. The first-order chi connectivity index (χ1) is 9.58. The molecule has 0 saturated carbocycles. The van der Waals surface area contributed by atoms with Gasteiger partial charge in [-0.3, -0.25) is 5.10 Å². The molecule has 0 aliphatic heterocycles. The maximum atomic E-state index is 13.3. The lowest BCUT2D eigenvalue weighted by Crippen LogP contribution is -1.96. The number of hydrogen-bond acceptors (Lipinski definition) is 2. The number of nitrogens with zero attached hydrogens (tertiary/aromatic N) is 2. The van der Waals surface area contributed by atoms with Gasteiger partial charge in [0, 0.05) is 27.7 Å². The Labute approximate surface area is 118 Å². The lowest BCUT2D eigenvalue weighted by molar-refractivity contribution is 0.152. The Morgan fingerprint density at radius 2 is 2.10 bits per heavy atom. The molecule has 3 rings (SSSR count). The predicted octanol–water partition coefficient (Wildman–Crippen LogP) is 4.52. The molecule has 1 N–H and O–H groups in total. The average Bonchev–Trinajstić information content (AvgIpc) is 2.84. The summed E-state index contributed by atoms with van der Waals surface area (Å²) in [7, 11) is 0. The van der Waals surface area contributed by atoms with Gasteiger partial charge in [-0.05, 0) is 25.1 Å². The van der Waals surface area contributed by atoms with Gasteiger partial charge in [0.05, 0.1) is 16.9 Å². The number of fused-ring (bicyclic) bond motifs is 1. The van der Waals surface area contributed by atoms with Crippen molar-refractivity contribution in [3.8, 4) is 11.3 Å². The SMILES string of the molecule is Cc1n[nH]cc1-c1nc2cccc(Cl)c2cc1C(F)F. The molecule has 2 aromatic heterocycles. The highest BCUT2D eigenvalue weighted by atomic mass is 35.5. The zero-order valence-corrected chi connectivity index (χ0v) is 11.2. The Morgan fingerprint density at radius 1 is 1.30 bits per heavy atom. The van der Waals surface area contributed by atoms with E-state index in [4.69, 9.17) is 11.6 Å². The van der Waals surface area contributed by atoms with Crippen LogP contribution in [0.15, 0.2) is 30.5 Å². The number of aryl methyl sites for hydroxylation is 1. The molecule has 6 heteroatoms. The average molecular weight is 294 g/mol. The van der Waals surface area contributed by atoms with Crippen molar-refractivity contribution in [2.75, 3.05) is 0 Å². The number of rotatable bonds is 2. The third kappa shape index (κ3) is 2.04. The van der Waals surface area contributed by atoms with Gasteiger partial charge in [-0.1, -0.05) is 17.7 Å². The van der Waals surface area contributed by atoms with E-state index in [1.807, 2.05) is 0 Å². The summed E-state index contributed by atoms with van der Waals surface area (Å²) in [5, 5.41) is 7.55. The topological polar surface area (TPSA) is 41.6 Å². The van der Waals surface area contributed by atoms with Crippen LogP contribution in [0.4, 0.5) is 8.78 Å². The lowest BCUT2D eigenvalue weighted by atomic mass is 10.0. The third-order valence-electron chi connectivity index (χ3n) is 3.16. The lowest BCUT2D eigenvalue weighted by Gasteiger charge is -2.10. The standard InChI is InChI=1S/C14H10ClF2N3/c1-7-10(6-18-20-7)13-9(14(16)17)5-8-11(15)3-2-4-12(8)19-13/h2-6,14H,1H3,(H,18,20). The van der Waals surface area contributed by atoms with E-state index in [1.165, 1.54) is 6.07 Å². The summed E-state index contributed by atoms with van der Waals surface area (Å²) in [6.45, 7) is 1.74. The van der Waals surface area contributed by atoms with Crippen molar-refractivity contribution in [1.29, 1.82) is 0 Å². The van der Waals surface area contributed by atoms with Crippen molar-refractivity contribution in [3.05, 3.63) is 46.7 Å². The molecule has 0 aliphatic rings. The predicted molar refractivity (Wildman–Crippen MR) is 74.0 cm³/mol. The van der Waals surface area contributed by atoms with E-state index in [0.717, 1.165) is 0 Å². The second-order valence-corrected chi connectivity index (χ2v) is 4.82. The molecular weight excluding hydrogens is 284 g/mol. The van der Waals surface area contributed by atoms with Crippen molar-refractivity contribution >= 4 is 22.5 Å². The van der Waals surface area contributed by atoms with Crippen molar-refractivity contribution in [1.82, 2.24) is 15.2 Å². The molecule has 20 heavy (non-hydrogen) atoms. The summed E-state index contributed by atoms with van der Waals surface area (Å²) < 4.78 is 26.6. The van der Waals surface area contributed by atoms with Gasteiger partial charge in [-0.2, -0.15) is 5.10 Å². The first-order valence-corrected chi connectivity index (χ1v) is 6.34. The van der Waals surface area contributed by atoms with Crippen LogP contribution in [0.25, 0.3) is 22.2 Å². The van der Waals surface area contributed by atoms with E-state index in [0.29, 0.717) is 27.2 Å². The maximum Gasteiger partial charge on any atom is 0.265 e. The number of pyridine rings is 1. The van der Waals surface area contributed by atoms with Crippen LogP contribution in [0, 0.1) is 6.92 Å². The fraction of sp³-hybridized carbons (Fsp3) is 0.143. The van der Waals surface area contributed by atoms with Gasteiger partial charge in [0.1, 0.15) is 0 Å². The molecule has 102 valence electrons.